The van der Waals surface area contributed by atoms with Gasteiger partial charge in [-0.05, 0) is 69.7 Å². The molecule has 170 valence electrons. The van der Waals surface area contributed by atoms with Gasteiger partial charge in [0.05, 0.1) is 4.90 Å². The molecule has 1 N–H and O–H groups in total. The predicted molar refractivity (Wildman–Crippen MR) is 110 cm³/mol. The molecule has 1 fully saturated rings. The lowest BCUT2D eigenvalue weighted by Crippen LogP contribution is -2.44. The van der Waals surface area contributed by atoms with Crippen molar-refractivity contribution >= 4 is 15.7 Å². The lowest BCUT2D eigenvalue weighted by atomic mass is 9.90. The number of likely N-dealkylation sites (tertiary alicyclic amines) is 1. The Labute approximate surface area is 176 Å². The minimum Gasteiger partial charge on any atom is -0.343 e. The molecule has 1 heterocycles. The van der Waals surface area contributed by atoms with Gasteiger partial charge in [0, 0.05) is 25.0 Å². The Balaban J connectivity index is 1.85. The summed E-state index contributed by atoms with van der Waals surface area (Å²) < 4.78 is 61.0. The fraction of sp³-hybridized carbons (Fsp3) is 0.667. The average molecular weight is 449 g/mol. The van der Waals surface area contributed by atoms with E-state index in [1.165, 1.54) is 12.1 Å². The number of rotatable bonds is 10. The van der Waals surface area contributed by atoms with Crippen LogP contribution in [0.25, 0.3) is 0 Å². The van der Waals surface area contributed by atoms with E-state index in [1.807, 2.05) is 18.7 Å². The molecule has 1 amide bonds. The summed E-state index contributed by atoms with van der Waals surface area (Å²) in [5, 5.41) is 3.51. The van der Waals surface area contributed by atoms with E-state index >= 15 is 0 Å². The van der Waals surface area contributed by atoms with Crippen molar-refractivity contribution in [2.75, 3.05) is 19.6 Å². The summed E-state index contributed by atoms with van der Waals surface area (Å²) in [4.78, 5) is 13.0. The Morgan fingerprint density at radius 3 is 2.33 bits per heavy atom. The fourth-order valence-electron chi connectivity index (χ4n) is 3.60. The third-order valence-corrected chi connectivity index (χ3v) is 7.24. The van der Waals surface area contributed by atoms with E-state index in [0.29, 0.717) is 12.8 Å². The highest BCUT2D eigenvalue weighted by Gasteiger charge is 2.46. The summed E-state index contributed by atoms with van der Waals surface area (Å²) in [6.07, 6.45) is 5.91. The first kappa shape index (κ1) is 24.7. The number of halogens is 3. The lowest BCUT2D eigenvalue weighted by Gasteiger charge is -2.31. The molecule has 1 unspecified atom stereocenters. The number of carbonyl (C=O) groups excluding carboxylic acids is 1. The van der Waals surface area contributed by atoms with E-state index in [2.05, 4.69) is 5.32 Å². The van der Waals surface area contributed by atoms with Crippen molar-refractivity contribution < 1.29 is 26.4 Å². The molecule has 2 rings (SSSR count). The van der Waals surface area contributed by atoms with Crippen molar-refractivity contribution in [1.29, 1.82) is 0 Å². The summed E-state index contributed by atoms with van der Waals surface area (Å²) >= 11 is 0. The molecule has 0 spiro atoms. The first-order chi connectivity index (χ1) is 14.0. The molecular weight excluding hydrogens is 417 g/mol. The number of hydrogen-bond acceptors (Lipinski definition) is 4. The molecule has 1 aliphatic rings. The molecular formula is C21H31F3N2O3S. The molecule has 5 nitrogen and oxygen atoms in total. The molecule has 1 atom stereocenters. The van der Waals surface area contributed by atoms with Crippen molar-refractivity contribution in [1.82, 2.24) is 10.2 Å². The van der Waals surface area contributed by atoms with E-state index in [1.54, 1.807) is 0 Å². The van der Waals surface area contributed by atoms with Gasteiger partial charge in [0.2, 0.25) is 5.91 Å². The normalized spacial score (nSPS) is 17.8. The van der Waals surface area contributed by atoms with Crippen LogP contribution in [0.1, 0.15) is 57.9 Å². The van der Waals surface area contributed by atoms with Crippen molar-refractivity contribution in [3.05, 3.63) is 29.8 Å². The van der Waals surface area contributed by atoms with Crippen LogP contribution in [-0.2, 0) is 21.1 Å². The number of hydrogen-bond donors (Lipinski definition) is 1. The zero-order valence-corrected chi connectivity index (χ0v) is 18.4. The van der Waals surface area contributed by atoms with Crippen LogP contribution < -0.4 is 5.32 Å². The maximum absolute atomic E-state index is 12.7. The molecule has 0 radical (unpaired) electrons. The van der Waals surface area contributed by atoms with E-state index in [0.717, 1.165) is 69.4 Å². The van der Waals surface area contributed by atoms with Crippen LogP contribution >= 0.6 is 0 Å². The average Bonchev–Trinajstić information content (AvgIpc) is 2.68. The van der Waals surface area contributed by atoms with Gasteiger partial charge in [-0.25, -0.2) is 8.42 Å². The van der Waals surface area contributed by atoms with Crippen LogP contribution in [0.4, 0.5) is 13.2 Å². The summed E-state index contributed by atoms with van der Waals surface area (Å²) in [7, 11) is -5.32. The molecule has 0 aliphatic carbocycles. The molecule has 1 aliphatic heterocycles. The fourth-order valence-corrected chi connectivity index (χ4v) is 4.36. The van der Waals surface area contributed by atoms with Gasteiger partial charge in [-0.2, -0.15) is 13.2 Å². The Morgan fingerprint density at radius 1 is 1.10 bits per heavy atom. The SMILES string of the molecule is CCC(C)(Cc1ccc(S(=O)(=O)C(F)(F)F)cc1)NCCCCN1CCCCC1=O. The largest absolute Gasteiger partial charge is 0.501 e. The molecule has 30 heavy (non-hydrogen) atoms. The Kier molecular flexibility index (Phi) is 8.33. The number of nitrogens with one attached hydrogen (secondary N) is 1. The van der Waals surface area contributed by atoms with Crippen LogP contribution in [0.3, 0.4) is 0 Å². The number of alkyl halides is 3. The Hall–Kier alpha value is -1.61. The maximum Gasteiger partial charge on any atom is 0.501 e. The molecule has 0 bridgehead atoms. The molecule has 9 heteroatoms. The van der Waals surface area contributed by atoms with Gasteiger partial charge < -0.3 is 10.2 Å². The highest BCUT2D eigenvalue weighted by molar-refractivity contribution is 7.92. The van der Waals surface area contributed by atoms with Crippen molar-refractivity contribution in [2.24, 2.45) is 0 Å². The summed E-state index contributed by atoms with van der Waals surface area (Å²) in [6.45, 7) is 6.47. The minimum atomic E-state index is -5.32. The van der Waals surface area contributed by atoms with Crippen molar-refractivity contribution in [3.63, 3.8) is 0 Å². The second-order valence-corrected chi connectivity index (χ2v) is 10.1. The zero-order chi connectivity index (χ0) is 22.4. The molecule has 1 aromatic rings. The first-order valence-corrected chi connectivity index (χ1v) is 11.9. The molecule has 1 saturated heterocycles. The molecule has 0 saturated carbocycles. The Morgan fingerprint density at radius 2 is 1.77 bits per heavy atom. The van der Waals surface area contributed by atoms with Crippen LogP contribution in [0.15, 0.2) is 29.2 Å². The number of carbonyl (C=O) groups is 1. The standard InChI is InChI=1S/C21H31F3N2O3S/c1-3-20(2,25-13-5-7-15-26-14-6-4-8-19(26)27)16-17-9-11-18(12-10-17)30(28,29)21(22,23)24/h9-12,25H,3-8,13-16H2,1-2H3. The number of amides is 1. The third kappa shape index (κ3) is 6.44. The van der Waals surface area contributed by atoms with Gasteiger partial charge in [-0.15, -0.1) is 0 Å². The van der Waals surface area contributed by atoms with Gasteiger partial charge in [-0.3, -0.25) is 4.79 Å². The number of benzene rings is 1. The second-order valence-electron chi connectivity index (χ2n) is 8.16. The van der Waals surface area contributed by atoms with E-state index in [4.69, 9.17) is 0 Å². The highest BCUT2D eigenvalue weighted by atomic mass is 32.2. The smallest absolute Gasteiger partial charge is 0.343 e. The van der Waals surface area contributed by atoms with Crippen LogP contribution in [0.5, 0.6) is 0 Å². The number of piperidine rings is 1. The second kappa shape index (κ2) is 10.1. The van der Waals surface area contributed by atoms with E-state index in [-0.39, 0.29) is 11.4 Å². The maximum atomic E-state index is 12.7. The topological polar surface area (TPSA) is 66.5 Å². The monoisotopic (exact) mass is 448 g/mol. The number of sulfone groups is 1. The lowest BCUT2D eigenvalue weighted by molar-refractivity contribution is -0.133. The summed E-state index contributed by atoms with van der Waals surface area (Å²) in [6, 6.07) is 4.92. The minimum absolute atomic E-state index is 0.239. The summed E-state index contributed by atoms with van der Waals surface area (Å²) in [5.74, 6) is 0.239. The van der Waals surface area contributed by atoms with Crippen molar-refractivity contribution in [2.45, 2.75) is 74.7 Å². The first-order valence-electron chi connectivity index (χ1n) is 10.4. The van der Waals surface area contributed by atoms with Gasteiger partial charge in [0.25, 0.3) is 9.84 Å². The van der Waals surface area contributed by atoms with Crippen molar-refractivity contribution in [3.8, 4) is 0 Å². The molecule has 0 aromatic heterocycles. The zero-order valence-electron chi connectivity index (χ0n) is 17.6. The van der Waals surface area contributed by atoms with E-state index < -0.39 is 20.2 Å². The van der Waals surface area contributed by atoms with Crippen LogP contribution in [0, 0.1) is 0 Å². The van der Waals surface area contributed by atoms with E-state index in [9.17, 15) is 26.4 Å². The van der Waals surface area contributed by atoms with Crippen LogP contribution in [-0.4, -0.2) is 49.9 Å². The molecule has 1 aromatic carbocycles. The van der Waals surface area contributed by atoms with Crippen LogP contribution in [0.2, 0.25) is 0 Å². The number of nitrogens with zero attached hydrogens (tertiary/aromatic N) is 1. The van der Waals surface area contributed by atoms with Gasteiger partial charge in [0.15, 0.2) is 0 Å². The third-order valence-electron chi connectivity index (χ3n) is 5.74. The Bertz CT molecular complexity index is 810. The van der Waals surface area contributed by atoms with Gasteiger partial charge in [-0.1, -0.05) is 19.1 Å². The van der Waals surface area contributed by atoms with Gasteiger partial charge >= 0.3 is 5.51 Å². The number of unbranched alkanes of at least 4 members (excludes halogenated alkanes) is 1. The highest BCUT2D eigenvalue weighted by Crippen LogP contribution is 2.30. The quantitative estimate of drug-likeness (QED) is 0.548. The summed E-state index contributed by atoms with van der Waals surface area (Å²) in [5.41, 5.74) is -4.79. The van der Waals surface area contributed by atoms with Gasteiger partial charge in [0.1, 0.15) is 0 Å². The predicted octanol–water partition coefficient (Wildman–Crippen LogP) is 4.07.